The van der Waals surface area contributed by atoms with Crippen molar-refractivity contribution in [2.24, 2.45) is 0 Å². The summed E-state index contributed by atoms with van der Waals surface area (Å²) in [5.74, 6) is 0.441. The summed E-state index contributed by atoms with van der Waals surface area (Å²) in [5, 5.41) is 2.88. The van der Waals surface area contributed by atoms with Gasteiger partial charge in [0.1, 0.15) is 23.3 Å². The standard InChI is InChI=1S/C17H23ClFNO3/c1-16(2,3)23-15(21)20-17(4)8-13(9-17)22-14-6-5-12(19)7-11(14)10-18/h5-7,13H,8-10H2,1-4H3,(H,20,21). The van der Waals surface area contributed by atoms with Gasteiger partial charge in [-0.05, 0) is 45.9 Å². The number of hydrogen-bond acceptors (Lipinski definition) is 3. The first-order chi connectivity index (χ1) is 10.6. The van der Waals surface area contributed by atoms with Crippen LogP contribution < -0.4 is 10.1 Å². The van der Waals surface area contributed by atoms with Gasteiger partial charge in [-0.25, -0.2) is 9.18 Å². The highest BCUT2D eigenvalue weighted by atomic mass is 35.5. The first-order valence-corrected chi connectivity index (χ1v) is 8.16. The smallest absolute Gasteiger partial charge is 0.408 e. The Morgan fingerprint density at radius 1 is 1.43 bits per heavy atom. The number of alkyl carbamates (subject to hydrolysis) is 1. The van der Waals surface area contributed by atoms with Crippen LogP contribution in [-0.4, -0.2) is 23.3 Å². The molecule has 1 aromatic carbocycles. The van der Waals surface area contributed by atoms with E-state index in [1.54, 1.807) is 6.07 Å². The first kappa shape index (κ1) is 17.9. The fourth-order valence-corrected chi connectivity index (χ4v) is 2.84. The maximum Gasteiger partial charge on any atom is 0.408 e. The number of amides is 1. The van der Waals surface area contributed by atoms with Crippen molar-refractivity contribution >= 4 is 17.7 Å². The number of nitrogens with one attached hydrogen (secondary N) is 1. The van der Waals surface area contributed by atoms with Gasteiger partial charge >= 0.3 is 6.09 Å². The van der Waals surface area contributed by atoms with Crippen LogP contribution >= 0.6 is 11.6 Å². The Kier molecular flexibility index (Phi) is 5.09. The van der Waals surface area contributed by atoms with Crippen molar-refractivity contribution in [2.75, 3.05) is 0 Å². The molecule has 128 valence electrons. The molecule has 0 aliphatic heterocycles. The molecule has 1 aliphatic rings. The molecule has 1 fully saturated rings. The highest BCUT2D eigenvalue weighted by molar-refractivity contribution is 6.17. The second kappa shape index (κ2) is 6.56. The largest absolute Gasteiger partial charge is 0.490 e. The van der Waals surface area contributed by atoms with E-state index in [0.29, 0.717) is 24.2 Å². The Morgan fingerprint density at radius 3 is 2.65 bits per heavy atom. The van der Waals surface area contributed by atoms with Crippen molar-refractivity contribution < 1.29 is 18.7 Å². The van der Waals surface area contributed by atoms with Crippen molar-refractivity contribution in [3.63, 3.8) is 0 Å². The minimum Gasteiger partial charge on any atom is -0.490 e. The lowest BCUT2D eigenvalue weighted by molar-refractivity contribution is 0.00880. The van der Waals surface area contributed by atoms with Gasteiger partial charge in [0.2, 0.25) is 0 Å². The molecule has 0 spiro atoms. The fraction of sp³-hybridized carbons (Fsp3) is 0.588. The molecule has 1 aliphatic carbocycles. The van der Waals surface area contributed by atoms with Crippen molar-refractivity contribution in [2.45, 2.75) is 63.7 Å². The van der Waals surface area contributed by atoms with Crippen LogP contribution in [0.1, 0.15) is 46.1 Å². The molecular formula is C17H23ClFNO3. The summed E-state index contributed by atoms with van der Waals surface area (Å²) in [6.07, 6.45) is 0.848. The molecule has 0 bridgehead atoms. The highest BCUT2D eigenvalue weighted by Crippen LogP contribution is 2.36. The molecule has 6 heteroatoms. The Balaban J connectivity index is 1.88. The normalized spacial score (nSPS) is 23.8. The molecular weight excluding hydrogens is 321 g/mol. The van der Waals surface area contributed by atoms with E-state index in [0.717, 1.165) is 0 Å². The number of alkyl halides is 1. The van der Waals surface area contributed by atoms with Gasteiger partial charge in [0, 0.05) is 23.9 Å². The van der Waals surface area contributed by atoms with Crippen LogP contribution in [0.3, 0.4) is 0 Å². The zero-order chi connectivity index (χ0) is 17.3. The van der Waals surface area contributed by atoms with Gasteiger partial charge in [-0.15, -0.1) is 11.6 Å². The van der Waals surface area contributed by atoms with Gasteiger partial charge < -0.3 is 14.8 Å². The topological polar surface area (TPSA) is 47.6 Å². The predicted octanol–water partition coefficient (Wildman–Crippen LogP) is 4.39. The quantitative estimate of drug-likeness (QED) is 0.825. The van der Waals surface area contributed by atoms with Crippen molar-refractivity contribution in [1.29, 1.82) is 0 Å². The van der Waals surface area contributed by atoms with Crippen LogP contribution in [0.2, 0.25) is 0 Å². The van der Waals surface area contributed by atoms with E-state index in [1.807, 2.05) is 27.7 Å². The second-order valence-electron chi connectivity index (χ2n) is 7.22. The number of carbonyl (C=O) groups is 1. The van der Waals surface area contributed by atoms with Crippen molar-refractivity contribution in [3.05, 3.63) is 29.6 Å². The zero-order valence-corrected chi connectivity index (χ0v) is 14.7. The van der Waals surface area contributed by atoms with Crippen molar-refractivity contribution in [1.82, 2.24) is 5.32 Å². The van der Waals surface area contributed by atoms with Crippen LogP contribution in [0.5, 0.6) is 5.75 Å². The Hall–Kier alpha value is -1.49. The number of rotatable bonds is 4. The summed E-state index contributed by atoms with van der Waals surface area (Å²) in [6.45, 7) is 7.42. The third-order valence-corrected chi connectivity index (χ3v) is 3.91. The molecule has 0 heterocycles. The summed E-state index contributed by atoms with van der Waals surface area (Å²) >= 11 is 5.81. The first-order valence-electron chi connectivity index (χ1n) is 7.62. The maximum atomic E-state index is 13.2. The second-order valence-corrected chi connectivity index (χ2v) is 7.49. The summed E-state index contributed by atoms with van der Waals surface area (Å²) in [6, 6.07) is 4.31. The van der Waals surface area contributed by atoms with Gasteiger partial charge in [-0.2, -0.15) is 0 Å². The van der Waals surface area contributed by atoms with Crippen LogP contribution in [0.25, 0.3) is 0 Å². The minimum absolute atomic E-state index is 0.0395. The van der Waals surface area contributed by atoms with E-state index >= 15 is 0 Å². The summed E-state index contributed by atoms with van der Waals surface area (Å²) in [7, 11) is 0. The summed E-state index contributed by atoms with van der Waals surface area (Å²) in [5.41, 5.74) is -0.252. The molecule has 1 amide bonds. The monoisotopic (exact) mass is 343 g/mol. The van der Waals surface area contributed by atoms with E-state index in [2.05, 4.69) is 5.32 Å². The lowest BCUT2D eigenvalue weighted by Gasteiger charge is -2.45. The SMILES string of the molecule is CC1(NC(=O)OC(C)(C)C)CC(Oc2ccc(F)cc2CCl)C1. The molecule has 0 unspecified atom stereocenters. The molecule has 0 radical (unpaired) electrons. The highest BCUT2D eigenvalue weighted by Gasteiger charge is 2.44. The van der Waals surface area contributed by atoms with E-state index in [1.165, 1.54) is 12.1 Å². The zero-order valence-electron chi connectivity index (χ0n) is 13.9. The van der Waals surface area contributed by atoms with Gasteiger partial charge in [0.15, 0.2) is 0 Å². The van der Waals surface area contributed by atoms with E-state index in [4.69, 9.17) is 21.1 Å². The number of carbonyl (C=O) groups excluding carboxylic acids is 1. The lowest BCUT2D eigenvalue weighted by Crippen LogP contribution is -2.59. The average molecular weight is 344 g/mol. The van der Waals surface area contributed by atoms with Crippen LogP contribution in [0.15, 0.2) is 18.2 Å². The van der Waals surface area contributed by atoms with Crippen LogP contribution in [-0.2, 0) is 10.6 Å². The van der Waals surface area contributed by atoms with Gasteiger partial charge in [0.25, 0.3) is 0 Å². The molecule has 2 rings (SSSR count). The van der Waals surface area contributed by atoms with E-state index in [9.17, 15) is 9.18 Å². The minimum atomic E-state index is -0.524. The molecule has 0 atom stereocenters. The summed E-state index contributed by atoms with van der Waals surface area (Å²) in [4.78, 5) is 11.8. The number of benzene rings is 1. The van der Waals surface area contributed by atoms with Gasteiger partial charge in [-0.3, -0.25) is 0 Å². The maximum absolute atomic E-state index is 13.2. The number of hydrogen-bond donors (Lipinski definition) is 1. The van der Waals surface area contributed by atoms with E-state index < -0.39 is 11.7 Å². The van der Waals surface area contributed by atoms with Gasteiger partial charge in [0.05, 0.1) is 5.88 Å². The molecule has 1 saturated carbocycles. The molecule has 23 heavy (non-hydrogen) atoms. The summed E-state index contributed by atoms with van der Waals surface area (Å²) < 4.78 is 24.3. The lowest BCUT2D eigenvalue weighted by atomic mass is 9.76. The number of halogens is 2. The van der Waals surface area contributed by atoms with Crippen molar-refractivity contribution in [3.8, 4) is 5.75 Å². The predicted molar refractivity (Wildman–Crippen MR) is 87.4 cm³/mol. The molecule has 0 aromatic heterocycles. The van der Waals surface area contributed by atoms with Crippen LogP contribution in [0, 0.1) is 5.82 Å². The van der Waals surface area contributed by atoms with Crippen LogP contribution in [0.4, 0.5) is 9.18 Å². The average Bonchev–Trinajstić information content (AvgIpc) is 2.36. The third-order valence-electron chi connectivity index (χ3n) is 3.62. The molecule has 1 N–H and O–H groups in total. The Labute approximate surface area is 141 Å². The molecule has 4 nitrogen and oxygen atoms in total. The molecule has 1 aromatic rings. The Bertz CT molecular complexity index is 580. The molecule has 0 saturated heterocycles. The Morgan fingerprint density at radius 2 is 2.09 bits per heavy atom. The number of ether oxygens (including phenoxy) is 2. The van der Waals surface area contributed by atoms with Gasteiger partial charge in [-0.1, -0.05) is 0 Å². The third kappa shape index (κ3) is 4.99. The van der Waals surface area contributed by atoms with E-state index in [-0.39, 0.29) is 23.3 Å². The fourth-order valence-electron chi connectivity index (χ4n) is 2.63.